The molecule has 1 saturated heterocycles. The number of hydrogen-bond acceptors (Lipinski definition) is 7. The predicted octanol–water partition coefficient (Wildman–Crippen LogP) is 5.51. The van der Waals surface area contributed by atoms with Crippen LogP contribution in [0.3, 0.4) is 0 Å². The Bertz CT molecular complexity index is 1260. The molecule has 3 aromatic heterocycles. The molecule has 0 aromatic carbocycles. The molecular weight excluding hydrogens is 515 g/mol. The second-order valence-corrected chi connectivity index (χ2v) is 9.91. The standard InChI is InChI=1S/C24H23ClF3N5O2S/c1-14(31-22(35)18-6-5-7-21(32-18)33-8-3-2-4-9-33)23-30-13-20(36-23)19(34)11-15-10-16(24(26,27)28)17(25)12-29-15/h5-7,10,12-14H,2-4,8-9,11H2,1H3,(H,31,35)/t14-/m1/s1. The van der Waals surface area contributed by atoms with Crippen molar-refractivity contribution >= 4 is 40.4 Å². The zero-order valence-corrected chi connectivity index (χ0v) is 20.9. The molecule has 190 valence electrons. The first-order chi connectivity index (χ1) is 17.1. The van der Waals surface area contributed by atoms with Gasteiger partial charge in [0.05, 0.1) is 27.9 Å². The molecule has 1 aliphatic rings. The van der Waals surface area contributed by atoms with Gasteiger partial charge in [-0.1, -0.05) is 17.7 Å². The van der Waals surface area contributed by atoms with Gasteiger partial charge in [0.25, 0.3) is 5.91 Å². The van der Waals surface area contributed by atoms with Gasteiger partial charge in [-0.25, -0.2) is 9.97 Å². The maximum atomic E-state index is 13.1. The smallest absolute Gasteiger partial charge is 0.357 e. The van der Waals surface area contributed by atoms with E-state index in [4.69, 9.17) is 11.6 Å². The Balaban J connectivity index is 1.40. The van der Waals surface area contributed by atoms with Gasteiger partial charge >= 0.3 is 6.18 Å². The molecule has 1 atom stereocenters. The molecule has 3 aromatic rings. The van der Waals surface area contributed by atoms with Crippen LogP contribution in [0.1, 0.15) is 68.7 Å². The number of halogens is 4. The van der Waals surface area contributed by atoms with E-state index in [0.29, 0.717) is 5.01 Å². The zero-order chi connectivity index (χ0) is 25.9. The molecule has 36 heavy (non-hydrogen) atoms. The number of rotatable bonds is 7. The van der Waals surface area contributed by atoms with Crippen LogP contribution in [0.25, 0.3) is 0 Å². The summed E-state index contributed by atoms with van der Waals surface area (Å²) >= 11 is 6.65. The first-order valence-electron chi connectivity index (χ1n) is 11.3. The Kier molecular flexibility index (Phi) is 7.89. The minimum atomic E-state index is -4.65. The van der Waals surface area contributed by atoms with Crippen molar-refractivity contribution in [2.75, 3.05) is 18.0 Å². The number of ketones is 1. The van der Waals surface area contributed by atoms with Crippen LogP contribution in [0.15, 0.2) is 36.7 Å². The van der Waals surface area contributed by atoms with Crippen LogP contribution in [0, 0.1) is 0 Å². The van der Waals surface area contributed by atoms with Crippen LogP contribution >= 0.6 is 22.9 Å². The van der Waals surface area contributed by atoms with E-state index in [2.05, 4.69) is 25.2 Å². The highest BCUT2D eigenvalue weighted by Gasteiger charge is 2.34. The normalized spacial score (nSPS) is 15.0. The number of anilines is 1. The highest BCUT2D eigenvalue weighted by Crippen LogP contribution is 2.34. The third-order valence-corrected chi connectivity index (χ3v) is 7.24. The van der Waals surface area contributed by atoms with Gasteiger partial charge in [-0.2, -0.15) is 13.2 Å². The van der Waals surface area contributed by atoms with Gasteiger partial charge in [0.1, 0.15) is 16.5 Å². The highest BCUT2D eigenvalue weighted by atomic mass is 35.5. The molecule has 1 amide bonds. The van der Waals surface area contributed by atoms with Gasteiger partial charge in [0.15, 0.2) is 5.78 Å². The van der Waals surface area contributed by atoms with Crippen molar-refractivity contribution in [3.8, 4) is 0 Å². The van der Waals surface area contributed by atoms with Gasteiger partial charge in [0, 0.05) is 31.2 Å². The first kappa shape index (κ1) is 26.0. The van der Waals surface area contributed by atoms with Gasteiger partial charge in [-0.15, -0.1) is 11.3 Å². The summed E-state index contributed by atoms with van der Waals surface area (Å²) in [6.45, 7) is 3.55. The molecule has 12 heteroatoms. The van der Waals surface area contributed by atoms with E-state index in [-0.39, 0.29) is 28.6 Å². The SMILES string of the molecule is C[C@@H](NC(=O)c1cccc(N2CCCCC2)n1)c1ncc(C(=O)Cc2cc(C(F)(F)F)c(Cl)cn2)s1. The average molecular weight is 538 g/mol. The molecule has 0 spiro atoms. The summed E-state index contributed by atoms with van der Waals surface area (Å²) in [5.74, 6) is -0.0350. The molecule has 1 N–H and O–H groups in total. The molecule has 0 saturated carbocycles. The van der Waals surface area contributed by atoms with Gasteiger partial charge in [-0.3, -0.25) is 14.6 Å². The summed E-state index contributed by atoms with van der Waals surface area (Å²) in [6, 6.07) is 5.59. The van der Waals surface area contributed by atoms with Crippen LogP contribution in [0.4, 0.5) is 19.0 Å². The van der Waals surface area contributed by atoms with E-state index < -0.39 is 28.6 Å². The number of piperidine rings is 1. The molecule has 4 rings (SSSR count). The predicted molar refractivity (Wildman–Crippen MR) is 131 cm³/mol. The van der Waals surface area contributed by atoms with E-state index >= 15 is 0 Å². The topological polar surface area (TPSA) is 88.1 Å². The van der Waals surface area contributed by atoms with E-state index in [1.165, 1.54) is 12.6 Å². The van der Waals surface area contributed by atoms with Crippen LogP contribution in [0.5, 0.6) is 0 Å². The molecule has 0 unspecified atom stereocenters. The number of nitrogens with zero attached hydrogens (tertiary/aromatic N) is 4. The first-order valence-corrected chi connectivity index (χ1v) is 12.5. The summed E-state index contributed by atoms with van der Waals surface area (Å²) in [7, 11) is 0. The largest absolute Gasteiger partial charge is 0.417 e. The molecular formula is C24H23ClF3N5O2S. The van der Waals surface area contributed by atoms with Crippen molar-refractivity contribution in [1.82, 2.24) is 20.3 Å². The maximum absolute atomic E-state index is 13.1. The summed E-state index contributed by atoms with van der Waals surface area (Å²) in [5, 5.41) is 2.80. The molecule has 4 heterocycles. The Morgan fingerprint density at radius 1 is 1.17 bits per heavy atom. The summed E-state index contributed by atoms with van der Waals surface area (Å²) in [4.78, 5) is 40.4. The van der Waals surface area contributed by atoms with E-state index in [1.54, 1.807) is 19.1 Å². The van der Waals surface area contributed by atoms with Crippen LogP contribution < -0.4 is 10.2 Å². The lowest BCUT2D eigenvalue weighted by Crippen LogP contribution is -2.31. The van der Waals surface area contributed by atoms with E-state index in [0.717, 1.165) is 55.3 Å². The quantitative estimate of drug-likeness (QED) is 0.400. The number of amides is 1. The number of alkyl halides is 3. The number of carbonyl (C=O) groups is 2. The fourth-order valence-corrected chi connectivity index (χ4v) is 4.91. The zero-order valence-electron chi connectivity index (χ0n) is 19.3. The summed E-state index contributed by atoms with van der Waals surface area (Å²) in [5.41, 5.74) is -0.805. The number of hydrogen-bond donors (Lipinski definition) is 1. The lowest BCUT2D eigenvalue weighted by atomic mass is 10.1. The molecule has 0 aliphatic carbocycles. The number of Topliss-reactive ketones (excluding diaryl/α,β-unsaturated/α-hetero) is 1. The Hall–Kier alpha value is -3.05. The van der Waals surface area contributed by atoms with E-state index in [9.17, 15) is 22.8 Å². The molecule has 1 fully saturated rings. The summed E-state index contributed by atoms with van der Waals surface area (Å²) < 4.78 is 39.2. The fraction of sp³-hybridized carbons (Fsp3) is 0.375. The lowest BCUT2D eigenvalue weighted by molar-refractivity contribution is -0.137. The third kappa shape index (κ3) is 6.19. The van der Waals surface area contributed by atoms with Crippen LogP contribution in [-0.2, 0) is 12.6 Å². The van der Waals surface area contributed by atoms with Crippen LogP contribution in [-0.4, -0.2) is 39.7 Å². The molecule has 1 aliphatic heterocycles. The van der Waals surface area contributed by atoms with Gasteiger partial charge in [0.2, 0.25) is 0 Å². The number of carbonyl (C=O) groups excluding carboxylic acids is 2. The Morgan fingerprint density at radius 3 is 2.64 bits per heavy atom. The summed E-state index contributed by atoms with van der Waals surface area (Å²) in [6.07, 6.45) is 0.631. The monoisotopic (exact) mass is 537 g/mol. The van der Waals surface area contributed by atoms with Crippen molar-refractivity contribution in [3.05, 3.63) is 68.5 Å². The number of nitrogens with one attached hydrogen (secondary N) is 1. The van der Waals surface area contributed by atoms with Crippen LogP contribution in [0.2, 0.25) is 5.02 Å². The number of pyridine rings is 2. The van der Waals surface area contributed by atoms with Crippen molar-refractivity contribution in [3.63, 3.8) is 0 Å². The number of aromatic nitrogens is 3. The Labute approximate surface area is 214 Å². The molecule has 0 radical (unpaired) electrons. The van der Waals surface area contributed by atoms with Crippen molar-refractivity contribution in [2.24, 2.45) is 0 Å². The molecule has 0 bridgehead atoms. The fourth-order valence-electron chi connectivity index (χ4n) is 3.85. The minimum absolute atomic E-state index is 0.0484. The van der Waals surface area contributed by atoms with Gasteiger partial charge < -0.3 is 10.2 Å². The average Bonchev–Trinajstić information content (AvgIpc) is 3.36. The second kappa shape index (κ2) is 10.9. The molecule has 7 nitrogen and oxygen atoms in total. The number of thiazole rings is 1. The minimum Gasteiger partial charge on any atom is -0.357 e. The lowest BCUT2D eigenvalue weighted by Gasteiger charge is -2.27. The van der Waals surface area contributed by atoms with Crippen molar-refractivity contribution in [1.29, 1.82) is 0 Å². The van der Waals surface area contributed by atoms with Crippen molar-refractivity contribution in [2.45, 2.75) is 44.8 Å². The second-order valence-electron chi connectivity index (χ2n) is 8.44. The van der Waals surface area contributed by atoms with Crippen molar-refractivity contribution < 1.29 is 22.8 Å². The maximum Gasteiger partial charge on any atom is 0.417 e. The third-order valence-electron chi connectivity index (χ3n) is 5.72. The van der Waals surface area contributed by atoms with E-state index in [1.807, 2.05) is 6.07 Å². The highest BCUT2D eigenvalue weighted by molar-refractivity contribution is 7.13. The van der Waals surface area contributed by atoms with Gasteiger partial charge in [-0.05, 0) is 44.4 Å². The Morgan fingerprint density at radius 2 is 1.92 bits per heavy atom.